The van der Waals surface area contributed by atoms with Crippen molar-refractivity contribution in [2.45, 2.75) is 131 Å². The van der Waals surface area contributed by atoms with E-state index in [1.165, 1.54) is 16.7 Å². The van der Waals surface area contributed by atoms with Crippen molar-refractivity contribution in [2.75, 3.05) is 0 Å². The molecule has 0 aliphatic rings. The fraction of sp³-hybridized carbons (Fsp3) is 0.526. The Morgan fingerprint density at radius 3 is 1.24 bits per heavy atom. The van der Waals surface area contributed by atoms with Crippen LogP contribution in [-0.2, 0) is 34.7 Å². The lowest BCUT2D eigenvalue weighted by molar-refractivity contribution is 0.187. The van der Waals surface area contributed by atoms with Crippen LogP contribution >= 0.6 is 0 Å². The van der Waals surface area contributed by atoms with Gasteiger partial charge in [0.15, 0.2) is 0 Å². The maximum atomic E-state index is 11.7. The van der Waals surface area contributed by atoms with Crippen LogP contribution in [0.25, 0.3) is 0 Å². The van der Waals surface area contributed by atoms with Gasteiger partial charge < -0.3 is 10.2 Å². The molecule has 0 saturated carbocycles. The maximum Gasteiger partial charge on any atom is 0.123 e. The first-order valence-corrected chi connectivity index (χ1v) is 15.1. The average molecular weight is 558 g/mol. The number of rotatable bonds is 6. The van der Waals surface area contributed by atoms with Crippen LogP contribution in [0.15, 0.2) is 54.6 Å². The quantitative estimate of drug-likeness (QED) is 0.317. The van der Waals surface area contributed by atoms with E-state index < -0.39 is 0 Å². The lowest BCUT2D eigenvalue weighted by Crippen LogP contribution is -2.28. The first-order chi connectivity index (χ1) is 18.6. The van der Waals surface area contributed by atoms with Gasteiger partial charge in [-0.3, -0.25) is 4.90 Å². The van der Waals surface area contributed by atoms with Crippen molar-refractivity contribution < 1.29 is 10.2 Å². The number of nitrogens with zero attached hydrogens (tertiary/aromatic N) is 1. The van der Waals surface area contributed by atoms with Crippen LogP contribution in [0.3, 0.4) is 0 Å². The number of hydrogen-bond donors (Lipinski definition) is 2. The van der Waals surface area contributed by atoms with Gasteiger partial charge in [-0.1, -0.05) is 138 Å². The molecule has 1 atom stereocenters. The lowest BCUT2D eigenvalue weighted by Gasteiger charge is -2.34. The molecular weight excluding hydrogens is 502 g/mol. The third kappa shape index (κ3) is 7.74. The number of phenolic OH excluding ortho intramolecular Hbond substituents is 2. The fourth-order valence-electron chi connectivity index (χ4n) is 5.35. The van der Waals surface area contributed by atoms with Crippen LogP contribution in [0.2, 0.25) is 0 Å². The Hall–Kier alpha value is -2.78. The summed E-state index contributed by atoms with van der Waals surface area (Å²) in [7, 11) is 0. The van der Waals surface area contributed by atoms with E-state index in [0.717, 1.165) is 22.3 Å². The SMILES string of the molecule is CC(c1ccccc1)N(Cc1cc(C(C)(C)C)cc(C(C)(C)C)c1O)Cc1cc(C(C)(C)C)cc(C(C)(C)C)c1O. The molecule has 3 heteroatoms. The molecule has 0 radical (unpaired) electrons. The van der Waals surface area contributed by atoms with E-state index in [4.69, 9.17) is 0 Å². The normalized spacial score (nSPS) is 14.0. The smallest absolute Gasteiger partial charge is 0.123 e. The second-order valence-electron chi connectivity index (χ2n) is 16.1. The van der Waals surface area contributed by atoms with Crippen LogP contribution in [0.1, 0.15) is 135 Å². The Morgan fingerprint density at radius 1 is 0.561 bits per heavy atom. The number of hydrogen-bond acceptors (Lipinski definition) is 3. The topological polar surface area (TPSA) is 43.7 Å². The second kappa shape index (κ2) is 11.5. The molecule has 0 spiro atoms. The van der Waals surface area contributed by atoms with Gasteiger partial charge in [0.05, 0.1) is 0 Å². The van der Waals surface area contributed by atoms with Gasteiger partial charge in [0.2, 0.25) is 0 Å². The van der Waals surface area contributed by atoms with Gasteiger partial charge in [0, 0.05) is 30.3 Å². The molecule has 224 valence electrons. The first kappa shape index (κ1) is 32.7. The van der Waals surface area contributed by atoms with Gasteiger partial charge in [-0.05, 0) is 56.4 Å². The van der Waals surface area contributed by atoms with Crippen molar-refractivity contribution in [3.8, 4) is 11.5 Å². The molecule has 2 N–H and O–H groups in total. The summed E-state index contributed by atoms with van der Waals surface area (Å²) in [6.07, 6.45) is 0. The Bertz CT molecular complexity index is 1260. The van der Waals surface area contributed by atoms with Crippen molar-refractivity contribution in [3.63, 3.8) is 0 Å². The van der Waals surface area contributed by atoms with Crippen LogP contribution in [0, 0.1) is 0 Å². The summed E-state index contributed by atoms with van der Waals surface area (Å²) in [6, 6.07) is 19.3. The molecule has 0 aliphatic heterocycles. The number of aromatic hydroxyl groups is 2. The lowest BCUT2D eigenvalue weighted by atomic mass is 9.78. The molecule has 3 aromatic carbocycles. The van der Waals surface area contributed by atoms with Gasteiger partial charge in [-0.25, -0.2) is 0 Å². The van der Waals surface area contributed by atoms with Crippen molar-refractivity contribution in [3.05, 3.63) is 93.5 Å². The summed E-state index contributed by atoms with van der Waals surface area (Å²) in [4.78, 5) is 2.39. The molecule has 0 heterocycles. The summed E-state index contributed by atoms with van der Waals surface area (Å²) >= 11 is 0. The standard InChI is InChI=1S/C38H55NO2/c1-25(26-17-15-14-16-18-26)39(23-27-19-29(35(2,3)4)21-31(33(27)40)37(8,9)10)24-28-20-30(36(5,6)7)22-32(34(28)41)38(11,12)13/h14-22,25,40-41H,23-24H2,1-13H3. The minimum absolute atomic E-state index is 0.0563. The van der Waals surface area contributed by atoms with Gasteiger partial charge in [-0.2, -0.15) is 0 Å². The van der Waals surface area contributed by atoms with E-state index >= 15 is 0 Å². The molecule has 41 heavy (non-hydrogen) atoms. The number of phenols is 2. The van der Waals surface area contributed by atoms with Crippen molar-refractivity contribution >= 4 is 0 Å². The first-order valence-electron chi connectivity index (χ1n) is 15.1. The van der Waals surface area contributed by atoms with E-state index in [9.17, 15) is 10.2 Å². The predicted molar refractivity (Wildman–Crippen MR) is 175 cm³/mol. The average Bonchev–Trinajstić information content (AvgIpc) is 2.83. The van der Waals surface area contributed by atoms with Crippen LogP contribution in [-0.4, -0.2) is 15.1 Å². The molecule has 0 aromatic heterocycles. The maximum absolute atomic E-state index is 11.7. The van der Waals surface area contributed by atoms with Gasteiger partial charge in [0.1, 0.15) is 11.5 Å². The minimum Gasteiger partial charge on any atom is -0.507 e. The number of benzene rings is 3. The van der Waals surface area contributed by atoms with Crippen LogP contribution in [0.5, 0.6) is 11.5 Å². The Balaban J connectivity index is 2.23. The second-order valence-corrected chi connectivity index (χ2v) is 16.1. The van der Waals surface area contributed by atoms with Crippen molar-refractivity contribution in [2.24, 2.45) is 0 Å². The van der Waals surface area contributed by atoms with E-state index in [2.05, 4.69) is 143 Å². The van der Waals surface area contributed by atoms with Gasteiger partial charge in [0.25, 0.3) is 0 Å². The summed E-state index contributed by atoms with van der Waals surface area (Å²) in [5.74, 6) is 0.748. The largest absolute Gasteiger partial charge is 0.507 e. The molecule has 0 saturated heterocycles. The van der Waals surface area contributed by atoms with E-state index in [1.54, 1.807) is 0 Å². The summed E-state index contributed by atoms with van der Waals surface area (Å²) in [5.41, 5.74) is 6.93. The highest BCUT2D eigenvalue weighted by Gasteiger charge is 2.29. The highest BCUT2D eigenvalue weighted by molar-refractivity contribution is 5.50. The zero-order chi connectivity index (χ0) is 31.1. The summed E-state index contributed by atoms with van der Waals surface area (Å²) in [5, 5.41) is 23.3. The zero-order valence-corrected chi connectivity index (χ0v) is 28.0. The summed E-state index contributed by atoms with van der Waals surface area (Å²) in [6.45, 7) is 29.6. The third-order valence-electron chi connectivity index (χ3n) is 8.30. The van der Waals surface area contributed by atoms with Crippen molar-refractivity contribution in [1.82, 2.24) is 4.90 Å². The van der Waals surface area contributed by atoms with Crippen molar-refractivity contribution in [1.29, 1.82) is 0 Å². The molecular formula is C38H55NO2. The van der Waals surface area contributed by atoms with Gasteiger partial charge >= 0.3 is 0 Å². The van der Waals surface area contributed by atoms with E-state index in [0.29, 0.717) is 24.6 Å². The molecule has 0 amide bonds. The zero-order valence-electron chi connectivity index (χ0n) is 28.0. The molecule has 3 nitrogen and oxygen atoms in total. The minimum atomic E-state index is -0.198. The Labute approximate surface area is 250 Å². The summed E-state index contributed by atoms with van der Waals surface area (Å²) < 4.78 is 0. The highest BCUT2D eigenvalue weighted by atomic mass is 16.3. The Kier molecular flexibility index (Phi) is 9.16. The van der Waals surface area contributed by atoms with Crippen LogP contribution < -0.4 is 0 Å². The van der Waals surface area contributed by atoms with Crippen LogP contribution in [0.4, 0.5) is 0 Å². The molecule has 3 rings (SSSR count). The van der Waals surface area contributed by atoms with E-state index in [1.807, 2.05) is 6.07 Å². The van der Waals surface area contributed by atoms with Gasteiger partial charge in [-0.15, -0.1) is 0 Å². The monoisotopic (exact) mass is 557 g/mol. The molecule has 1 unspecified atom stereocenters. The third-order valence-corrected chi connectivity index (χ3v) is 8.30. The fourth-order valence-corrected chi connectivity index (χ4v) is 5.35. The molecule has 0 bridgehead atoms. The molecule has 3 aromatic rings. The van der Waals surface area contributed by atoms with E-state index in [-0.39, 0.29) is 27.7 Å². The molecule has 0 aliphatic carbocycles. The molecule has 0 fully saturated rings. The Morgan fingerprint density at radius 2 is 0.927 bits per heavy atom. The highest BCUT2D eigenvalue weighted by Crippen LogP contribution is 2.41. The predicted octanol–water partition coefficient (Wildman–Crippen LogP) is 10.1.